The van der Waals surface area contributed by atoms with Gasteiger partial charge in [-0.25, -0.2) is 4.79 Å². The maximum Gasteiger partial charge on any atom is 0.347 e. The molecule has 0 aliphatic heterocycles. The maximum atomic E-state index is 12.9. The normalized spacial score (nSPS) is 11.8. The fourth-order valence-electron chi connectivity index (χ4n) is 3.07. The van der Waals surface area contributed by atoms with Gasteiger partial charge in [-0.2, -0.15) is 0 Å². The Kier molecular flexibility index (Phi) is 6.02. The van der Waals surface area contributed by atoms with Gasteiger partial charge >= 0.3 is 5.97 Å². The fraction of sp³-hybridized carbons (Fsp3) is 0.296. The largest absolute Gasteiger partial charge is 0.456 e. The van der Waals surface area contributed by atoms with Crippen LogP contribution < -0.4 is 9.47 Å². The minimum Gasteiger partial charge on any atom is -0.456 e. The molecule has 3 heteroatoms. The van der Waals surface area contributed by atoms with Crippen molar-refractivity contribution in [3.05, 3.63) is 89.5 Å². The van der Waals surface area contributed by atoms with Crippen LogP contribution in [0.1, 0.15) is 63.0 Å². The Balaban J connectivity index is 1.85. The van der Waals surface area contributed by atoms with E-state index in [1.165, 1.54) is 5.56 Å². The number of hydrogen-bond donors (Lipinski definition) is 0. The zero-order valence-electron chi connectivity index (χ0n) is 18.7. The van der Waals surface area contributed by atoms with Crippen LogP contribution in [0.25, 0.3) is 0 Å². The van der Waals surface area contributed by atoms with Gasteiger partial charge in [0.1, 0.15) is 22.8 Å². The van der Waals surface area contributed by atoms with Crippen molar-refractivity contribution in [2.24, 2.45) is 0 Å². The topological polar surface area (TPSA) is 35.5 Å². The molecule has 0 spiro atoms. The summed E-state index contributed by atoms with van der Waals surface area (Å²) in [6.45, 7) is 12.9. The van der Waals surface area contributed by atoms with Gasteiger partial charge < -0.3 is 9.47 Å². The summed E-state index contributed by atoms with van der Waals surface area (Å²) in [5, 5.41) is 0. The van der Waals surface area contributed by atoms with E-state index >= 15 is 0 Å². The van der Waals surface area contributed by atoms with Crippen molar-refractivity contribution in [3.8, 4) is 17.2 Å². The summed E-state index contributed by atoms with van der Waals surface area (Å²) in [6, 6.07) is 22.8. The minimum atomic E-state index is -0.441. The first kappa shape index (κ1) is 21.6. The van der Waals surface area contributed by atoms with Crippen molar-refractivity contribution >= 4 is 5.97 Å². The van der Waals surface area contributed by atoms with Gasteiger partial charge in [0, 0.05) is 0 Å². The molecular weight excluding hydrogens is 372 g/mol. The summed E-state index contributed by atoms with van der Waals surface area (Å²) in [7, 11) is 0. The van der Waals surface area contributed by atoms with Gasteiger partial charge in [0.05, 0.1) is 0 Å². The monoisotopic (exact) mass is 402 g/mol. The highest BCUT2D eigenvalue weighted by molar-refractivity contribution is 5.94. The molecule has 0 bridgehead atoms. The molecule has 0 heterocycles. The lowest BCUT2D eigenvalue weighted by Crippen LogP contribution is -2.13. The summed E-state index contributed by atoms with van der Waals surface area (Å²) < 4.78 is 11.8. The van der Waals surface area contributed by atoms with E-state index in [2.05, 4.69) is 47.6 Å². The van der Waals surface area contributed by atoms with Gasteiger partial charge in [0.2, 0.25) is 0 Å². The SMILES string of the molecule is CC(C)(C)c1cccc(OC(=O)c2ccccc2Oc2cccc(C(C)(C)C)c2)c1. The Morgan fingerprint density at radius 1 is 0.667 bits per heavy atom. The third-order valence-electron chi connectivity index (χ3n) is 4.95. The Morgan fingerprint density at radius 3 is 1.80 bits per heavy atom. The average molecular weight is 403 g/mol. The van der Waals surface area contributed by atoms with Crippen LogP contribution in [0.15, 0.2) is 72.8 Å². The van der Waals surface area contributed by atoms with E-state index in [-0.39, 0.29) is 10.8 Å². The van der Waals surface area contributed by atoms with Crippen LogP contribution in [0.4, 0.5) is 0 Å². The molecule has 0 radical (unpaired) electrons. The minimum absolute atomic E-state index is 0.00981. The second kappa shape index (κ2) is 8.35. The Bertz CT molecular complexity index is 1040. The molecule has 30 heavy (non-hydrogen) atoms. The highest BCUT2D eigenvalue weighted by atomic mass is 16.5. The lowest BCUT2D eigenvalue weighted by atomic mass is 9.87. The van der Waals surface area contributed by atoms with Crippen LogP contribution in [0.3, 0.4) is 0 Å². The number of carbonyl (C=O) groups is 1. The zero-order valence-corrected chi connectivity index (χ0v) is 18.7. The summed E-state index contributed by atoms with van der Waals surface area (Å²) in [5.41, 5.74) is 2.65. The number of para-hydroxylation sites is 1. The van der Waals surface area contributed by atoms with Crippen LogP contribution in [0, 0.1) is 0 Å². The average Bonchev–Trinajstić information content (AvgIpc) is 2.67. The molecule has 0 unspecified atom stereocenters. The fourth-order valence-corrected chi connectivity index (χ4v) is 3.07. The second-order valence-electron chi connectivity index (χ2n) is 9.54. The zero-order chi connectivity index (χ0) is 21.9. The molecule has 0 atom stereocenters. The Hall–Kier alpha value is -3.07. The smallest absolute Gasteiger partial charge is 0.347 e. The van der Waals surface area contributed by atoms with Crippen molar-refractivity contribution in [1.29, 1.82) is 0 Å². The lowest BCUT2D eigenvalue weighted by Gasteiger charge is -2.20. The molecule has 3 rings (SSSR count). The first-order chi connectivity index (χ1) is 14.0. The Morgan fingerprint density at radius 2 is 1.20 bits per heavy atom. The first-order valence-corrected chi connectivity index (χ1v) is 10.2. The highest BCUT2D eigenvalue weighted by Gasteiger charge is 2.19. The van der Waals surface area contributed by atoms with E-state index in [1.807, 2.05) is 42.5 Å². The van der Waals surface area contributed by atoms with E-state index in [4.69, 9.17) is 9.47 Å². The van der Waals surface area contributed by atoms with Crippen molar-refractivity contribution < 1.29 is 14.3 Å². The molecule has 156 valence electrons. The van der Waals surface area contributed by atoms with Crippen molar-refractivity contribution in [1.82, 2.24) is 0 Å². The molecule has 0 aliphatic carbocycles. The van der Waals surface area contributed by atoms with Crippen molar-refractivity contribution in [2.75, 3.05) is 0 Å². The lowest BCUT2D eigenvalue weighted by molar-refractivity contribution is 0.0732. The van der Waals surface area contributed by atoms with Crippen LogP contribution >= 0.6 is 0 Å². The van der Waals surface area contributed by atoms with Gasteiger partial charge in [-0.05, 0) is 58.4 Å². The Labute approximate surface area is 179 Å². The number of benzene rings is 3. The van der Waals surface area contributed by atoms with Gasteiger partial charge in [-0.1, -0.05) is 77.9 Å². The third-order valence-corrected chi connectivity index (χ3v) is 4.95. The second-order valence-corrected chi connectivity index (χ2v) is 9.54. The van der Waals surface area contributed by atoms with E-state index in [0.29, 0.717) is 22.8 Å². The van der Waals surface area contributed by atoms with Gasteiger partial charge in [-0.3, -0.25) is 0 Å². The van der Waals surface area contributed by atoms with Crippen molar-refractivity contribution in [2.45, 2.75) is 52.4 Å². The summed E-state index contributed by atoms with van der Waals surface area (Å²) in [5.74, 6) is 1.25. The summed E-state index contributed by atoms with van der Waals surface area (Å²) in [6.07, 6.45) is 0. The molecule has 3 aromatic carbocycles. The number of carbonyl (C=O) groups excluding carboxylic acids is 1. The summed E-state index contributed by atoms with van der Waals surface area (Å²) in [4.78, 5) is 12.9. The number of esters is 1. The maximum absolute atomic E-state index is 12.9. The number of rotatable bonds is 4. The molecule has 3 nitrogen and oxygen atoms in total. The number of ether oxygens (including phenoxy) is 2. The highest BCUT2D eigenvalue weighted by Crippen LogP contribution is 2.31. The van der Waals surface area contributed by atoms with E-state index in [1.54, 1.807) is 24.3 Å². The number of hydrogen-bond acceptors (Lipinski definition) is 3. The molecule has 3 aromatic rings. The molecule has 0 saturated heterocycles. The molecule has 0 aliphatic rings. The molecule has 0 aromatic heterocycles. The third kappa shape index (κ3) is 5.29. The van der Waals surface area contributed by atoms with Crippen molar-refractivity contribution in [3.63, 3.8) is 0 Å². The van der Waals surface area contributed by atoms with Crippen LogP contribution in [-0.2, 0) is 10.8 Å². The van der Waals surface area contributed by atoms with Crippen LogP contribution in [-0.4, -0.2) is 5.97 Å². The molecule has 0 N–H and O–H groups in total. The van der Waals surface area contributed by atoms with Gasteiger partial charge in [-0.15, -0.1) is 0 Å². The van der Waals surface area contributed by atoms with E-state index < -0.39 is 5.97 Å². The molecule has 0 amide bonds. The predicted octanol–water partition coefficient (Wildman–Crippen LogP) is 7.29. The predicted molar refractivity (Wildman–Crippen MR) is 122 cm³/mol. The van der Waals surface area contributed by atoms with Gasteiger partial charge in [0.25, 0.3) is 0 Å². The molecular formula is C27H30O3. The first-order valence-electron chi connectivity index (χ1n) is 10.2. The van der Waals surface area contributed by atoms with Gasteiger partial charge in [0.15, 0.2) is 0 Å². The standard InChI is InChI=1S/C27H30O3/c1-26(2,3)19-11-9-13-21(17-19)29-24-16-8-7-15-23(24)25(28)30-22-14-10-12-20(18-22)27(4,5)6/h7-18H,1-6H3. The van der Waals surface area contributed by atoms with Crippen LogP contribution in [0.5, 0.6) is 17.2 Å². The molecule has 0 saturated carbocycles. The van der Waals surface area contributed by atoms with E-state index in [0.717, 1.165) is 5.56 Å². The quantitative estimate of drug-likeness (QED) is 0.339. The van der Waals surface area contributed by atoms with Crippen LogP contribution in [0.2, 0.25) is 0 Å². The van der Waals surface area contributed by atoms with E-state index in [9.17, 15) is 4.79 Å². The summed E-state index contributed by atoms with van der Waals surface area (Å²) >= 11 is 0. The molecule has 0 fully saturated rings.